The molecule has 3 nitrogen and oxygen atoms in total. The number of hydrogen-bond donors (Lipinski definition) is 1. The molecule has 0 aliphatic heterocycles. The smallest absolute Gasteiger partial charge is 0.358 e. The second kappa shape index (κ2) is 5.16. The predicted molar refractivity (Wildman–Crippen MR) is 23.3 cm³/mol. The molecule has 0 saturated carbocycles. The Balaban J connectivity index is -0.0000000800. The van der Waals surface area contributed by atoms with Crippen LogP contribution in [0.5, 0.6) is 0 Å². The van der Waals surface area contributed by atoms with Gasteiger partial charge < -0.3 is 12.0 Å². The standard InChI is InChI=1S/CH3O3S.CH3.Y/c1-5(2,3)4;;/h1H2,(H,2,3,4);1H3;/q2*-1;+3. The first-order chi connectivity index (χ1) is 2.00. The molecule has 0 aromatic carbocycles. The van der Waals surface area contributed by atoms with Gasteiger partial charge in [0, 0.05) is 0 Å². The predicted octanol–water partition coefficient (Wildman–Crippen LogP) is 0.114. The van der Waals surface area contributed by atoms with E-state index in [9.17, 15) is 0 Å². The maximum Gasteiger partial charge on any atom is 3.00 e. The molecule has 0 heterocycles. The van der Waals surface area contributed by atoms with Gasteiger partial charge in [0.1, 0.15) is 10.1 Å². The molecule has 0 atom stereocenters. The van der Waals surface area contributed by atoms with Gasteiger partial charge in [-0.05, 0) is 0 Å². The Kier molecular flexibility index (Phi) is 11.6. The Bertz CT molecular complexity index is 96.1. The molecule has 0 aliphatic carbocycles. The van der Waals surface area contributed by atoms with Crippen LogP contribution in [0.25, 0.3) is 0 Å². The summed E-state index contributed by atoms with van der Waals surface area (Å²) in [6, 6.07) is 0. The zero-order valence-corrected chi connectivity index (χ0v) is 7.61. The number of hydrogen-bond acceptors (Lipinski definition) is 2. The average molecular weight is 199 g/mol. The number of rotatable bonds is 0. The Morgan fingerprint density at radius 3 is 1.43 bits per heavy atom. The van der Waals surface area contributed by atoms with E-state index >= 15 is 0 Å². The van der Waals surface area contributed by atoms with E-state index in [0.717, 1.165) is 0 Å². The fraction of sp³-hybridized carbons (Fsp3) is 0. The Labute approximate surface area is 69.1 Å². The van der Waals surface area contributed by atoms with Crippen LogP contribution in [-0.4, -0.2) is 13.0 Å². The molecule has 0 bridgehead atoms. The minimum absolute atomic E-state index is 0. The molecule has 0 aromatic rings. The van der Waals surface area contributed by atoms with Crippen LogP contribution in [0, 0.1) is 13.7 Å². The van der Waals surface area contributed by atoms with E-state index in [1.54, 1.807) is 0 Å². The van der Waals surface area contributed by atoms with Gasteiger partial charge in [-0.1, -0.05) is 0 Å². The van der Waals surface area contributed by atoms with Crippen LogP contribution in [0.3, 0.4) is 0 Å². The quantitative estimate of drug-likeness (QED) is 0.445. The van der Waals surface area contributed by atoms with E-state index < -0.39 is 10.1 Å². The second-order valence-corrected chi connectivity index (χ2v) is 1.75. The second-order valence-electron chi connectivity index (χ2n) is 0.582. The molecule has 0 saturated heterocycles. The van der Waals surface area contributed by atoms with Gasteiger partial charge in [0.15, 0.2) is 0 Å². The van der Waals surface area contributed by atoms with E-state index in [0.29, 0.717) is 0 Å². The van der Waals surface area contributed by atoms with E-state index in [2.05, 4.69) is 6.26 Å². The van der Waals surface area contributed by atoms with Crippen LogP contribution in [0.4, 0.5) is 0 Å². The molecule has 0 spiro atoms. The van der Waals surface area contributed by atoms with Crippen molar-refractivity contribution in [1.29, 1.82) is 0 Å². The summed E-state index contributed by atoms with van der Waals surface area (Å²) in [5.41, 5.74) is 0. The summed E-state index contributed by atoms with van der Waals surface area (Å²) in [4.78, 5) is 0. The molecule has 1 N–H and O–H groups in total. The molecule has 0 rings (SSSR count). The molecule has 0 aliphatic rings. The molecule has 0 amide bonds. The summed E-state index contributed by atoms with van der Waals surface area (Å²) in [5, 5.41) is 0. The van der Waals surface area contributed by atoms with Gasteiger partial charge in [0.05, 0.1) is 0 Å². The summed E-state index contributed by atoms with van der Waals surface area (Å²) < 4.78 is 25.5. The average Bonchev–Trinajstić information content (AvgIpc) is 0.722. The van der Waals surface area contributed by atoms with Gasteiger partial charge in [-0.2, -0.15) is 6.26 Å². The summed E-state index contributed by atoms with van der Waals surface area (Å²) in [7, 11) is -3.92. The van der Waals surface area contributed by atoms with Crippen molar-refractivity contribution in [2.45, 2.75) is 0 Å². The summed E-state index contributed by atoms with van der Waals surface area (Å²) >= 11 is 0. The van der Waals surface area contributed by atoms with Gasteiger partial charge >= 0.3 is 32.7 Å². The van der Waals surface area contributed by atoms with Crippen molar-refractivity contribution in [3.05, 3.63) is 13.7 Å². The Morgan fingerprint density at radius 2 is 1.43 bits per heavy atom. The monoisotopic (exact) mass is 199 g/mol. The molecule has 0 aromatic heterocycles. The normalized spacial score (nSPS) is 8.29. The van der Waals surface area contributed by atoms with Crippen LogP contribution in [0.1, 0.15) is 0 Å². The van der Waals surface area contributed by atoms with Gasteiger partial charge in [0.25, 0.3) is 0 Å². The zero-order chi connectivity index (χ0) is 4.50. The van der Waals surface area contributed by atoms with E-state index in [1.807, 2.05) is 0 Å². The fourth-order valence-corrected chi connectivity index (χ4v) is 0. The summed E-state index contributed by atoms with van der Waals surface area (Å²) in [6.07, 6.45) is 2.30. The summed E-state index contributed by atoms with van der Waals surface area (Å²) in [6.45, 7) is 0. The Hall–Kier alpha value is 1.01. The third kappa shape index (κ3) is 172. The molecule has 0 radical (unpaired) electrons. The molecule has 40 valence electrons. The van der Waals surface area contributed by atoms with E-state index in [-0.39, 0.29) is 40.1 Å². The SMILES string of the molecule is [CH2-]S(=O)(=O)O.[CH3-].[Y+3]. The van der Waals surface area contributed by atoms with Gasteiger partial charge in [-0.15, -0.1) is 0 Å². The third-order valence-corrected chi connectivity index (χ3v) is 0. The molecular weight excluding hydrogens is 193 g/mol. The third-order valence-electron chi connectivity index (χ3n) is 0. The van der Waals surface area contributed by atoms with E-state index in [1.165, 1.54) is 0 Å². The maximum absolute atomic E-state index is 9.08. The van der Waals surface area contributed by atoms with Crippen molar-refractivity contribution in [3.63, 3.8) is 0 Å². The Morgan fingerprint density at radius 1 is 1.43 bits per heavy atom. The van der Waals surface area contributed by atoms with Crippen LogP contribution >= 0.6 is 0 Å². The van der Waals surface area contributed by atoms with E-state index in [4.69, 9.17) is 13.0 Å². The van der Waals surface area contributed by atoms with Gasteiger partial charge in [-0.3, -0.25) is 0 Å². The first-order valence-corrected chi connectivity index (χ1v) is 2.41. The van der Waals surface area contributed by atoms with Crippen molar-refractivity contribution in [1.82, 2.24) is 0 Å². The summed E-state index contributed by atoms with van der Waals surface area (Å²) in [5.74, 6) is 0. The van der Waals surface area contributed by atoms with Gasteiger partial charge in [-0.25, -0.2) is 8.42 Å². The topological polar surface area (TPSA) is 54.4 Å². The molecular formula is C2H6O3SY+. The minimum Gasteiger partial charge on any atom is -0.358 e. The van der Waals surface area contributed by atoms with Crippen molar-refractivity contribution >= 4 is 10.1 Å². The molecule has 7 heavy (non-hydrogen) atoms. The van der Waals surface area contributed by atoms with Crippen LogP contribution in [0.15, 0.2) is 0 Å². The molecule has 0 fully saturated rings. The van der Waals surface area contributed by atoms with Crippen LogP contribution in [0.2, 0.25) is 0 Å². The van der Waals surface area contributed by atoms with Crippen molar-refractivity contribution in [2.75, 3.05) is 0 Å². The first-order valence-electron chi connectivity index (χ1n) is 0.805. The van der Waals surface area contributed by atoms with Crippen molar-refractivity contribution < 1.29 is 45.7 Å². The van der Waals surface area contributed by atoms with Crippen molar-refractivity contribution in [2.24, 2.45) is 0 Å². The van der Waals surface area contributed by atoms with Crippen LogP contribution in [-0.2, 0) is 42.8 Å². The largest absolute Gasteiger partial charge is 3.00 e. The van der Waals surface area contributed by atoms with Crippen LogP contribution < -0.4 is 0 Å². The zero-order valence-electron chi connectivity index (χ0n) is 3.96. The molecule has 5 heteroatoms. The van der Waals surface area contributed by atoms with Crippen molar-refractivity contribution in [3.8, 4) is 0 Å². The fourth-order valence-electron chi connectivity index (χ4n) is 0. The minimum atomic E-state index is -3.92. The maximum atomic E-state index is 9.08. The molecule has 0 unspecified atom stereocenters. The van der Waals surface area contributed by atoms with Gasteiger partial charge in [0.2, 0.25) is 0 Å². The first kappa shape index (κ1) is 15.7.